The van der Waals surface area contributed by atoms with Crippen LogP contribution in [0.3, 0.4) is 0 Å². The van der Waals surface area contributed by atoms with E-state index in [1.807, 2.05) is 0 Å². The number of esters is 1. The van der Waals surface area contributed by atoms with E-state index in [2.05, 4.69) is 4.74 Å². The zero-order valence-electron chi connectivity index (χ0n) is 11.2. The Kier molecular flexibility index (Phi) is 4.85. The Morgan fingerprint density at radius 2 is 1.95 bits per heavy atom. The maximum absolute atomic E-state index is 12.3. The van der Waals surface area contributed by atoms with E-state index in [0.29, 0.717) is 0 Å². The molecule has 8 heteroatoms. The summed E-state index contributed by atoms with van der Waals surface area (Å²) in [6.07, 6.45) is 0. The molecule has 20 heavy (non-hydrogen) atoms. The van der Waals surface area contributed by atoms with Gasteiger partial charge in [-0.15, -0.1) is 0 Å². The summed E-state index contributed by atoms with van der Waals surface area (Å²) in [4.78, 5) is 22.1. The van der Waals surface area contributed by atoms with Gasteiger partial charge in [0, 0.05) is 7.05 Å². The number of aliphatic carboxylic acids is 1. The molecular weight excluding hydrogens is 286 g/mol. The number of benzene rings is 1. The van der Waals surface area contributed by atoms with Crippen LogP contribution >= 0.6 is 0 Å². The van der Waals surface area contributed by atoms with Gasteiger partial charge in [0.05, 0.1) is 17.6 Å². The first-order valence-corrected chi connectivity index (χ1v) is 7.05. The third-order valence-corrected chi connectivity index (χ3v) is 4.76. The quantitative estimate of drug-likeness (QED) is 0.798. The molecule has 0 fully saturated rings. The molecule has 0 aromatic heterocycles. The summed E-state index contributed by atoms with van der Waals surface area (Å²) in [6, 6.07) is 4.00. The zero-order valence-corrected chi connectivity index (χ0v) is 12.0. The Bertz CT molecular complexity index is 625. The van der Waals surface area contributed by atoms with Crippen LogP contribution in [-0.4, -0.2) is 50.0 Å². The van der Waals surface area contributed by atoms with E-state index in [9.17, 15) is 18.0 Å². The second kappa shape index (κ2) is 6.02. The topological polar surface area (TPSA) is 101 Å². The number of methoxy groups -OCH3 is 1. The number of sulfonamides is 1. The number of hydrogen-bond donors (Lipinski definition) is 1. The number of ether oxygens (including phenoxy) is 1. The monoisotopic (exact) mass is 301 g/mol. The fraction of sp³-hybridized carbons (Fsp3) is 0.333. The molecule has 7 nitrogen and oxygen atoms in total. The van der Waals surface area contributed by atoms with Crippen LogP contribution in [0.25, 0.3) is 0 Å². The van der Waals surface area contributed by atoms with Crippen LogP contribution < -0.4 is 0 Å². The average molecular weight is 301 g/mol. The van der Waals surface area contributed by atoms with Crippen LogP contribution in [0, 0.1) is 0 Å². The number of carboxylic acids is 1. The smallest absolute Gasteiger partial charge is 0.337 e. The zero-order chi connectivity index (χ0) is 15.5. The van der Waals surface area contributed by atoms with Crippen molar-refractivity contribution < 1.29 is 27.9 Å². The summed E-state index contributed by atoms with van der Waals surface area (Å²) in [7, 11) is -1.65. The molecule has 1 N–H and O–H groups in total. The van der Waals surface area contributed by atoms with Crippen molar-refractivity contribution in [2.75, 3.05) is 14.2 Å². The van der Waals surface area contributed by atoms with E-state index >= 15 is 0 Å². The number of carbonyl (C=O) groups is 2. The first-order chi connectivity index (χ1) is 9.21. The highest BCUT2D eigenvalue weighted by Crippen LogP contribution is 2.18. The third kappa shape index (κ3) is 3.14. The first-order valence-electron chi connectivity index (χ1n) is 5.61. The normalized spacial score (nSPS) is 13.0. The van der Waals surface area contributed by atoms with E-state index in [-0.39, 0.29) is 10.5 Å². The fourth-order valence-electron chi connectivity index (χ4n) is 1.43. The van der Waals surface area contributed by atoms with Crippen molar-refractivity contribution in [3.63, 3.8) is 0 Å². The molecule has 110 valence electrons. The maximum Gasteiger partial charge on any atom is 0.337 e. The molecule has 0 radical (unpaired) electrons. The van der Waals surface area contributed by atoms with Gasteiger partial charge in [0.1, 0.15) is 6.04 Å². The van der Waals surface area contributed by atoms with Gasteiger partial charge in [0.2, 0.25) is 10.0 Å². The molecule has 0 aliphatic heterocycles. The lowest BCUT2D eigenvalue weighted by atomic mass is 10.2. The van der Waals surface area contributed by atoms with Gasteiger partial charge in [-0.25, -0.2) is 13.2 Å². The van der Waals surface area contributed by atoms with Crippen LogP contribution in [0.2, 0.25) is 0 Å². The van der Waals surface area contributed by atoms with E-state index < -0.39 is 28.0 Å². The molecule has 0 spiro atoms. The van der Waals surface area contributed by atoms with Crippen molar-refractivity contribution >= 4 is 22.0 Å². The van der Waals surface area contributed by atoms with Crippen molar-refractivity contribution in [1.29, 1.82) is 0 Å². The Morgan fingerprint density at radius 3 is 2.45 bits per heavy atom. The number of nitrogens with zero attached hydrogens (tertiary/aromatic N) is 1. The van der Waals surface area contributed by atoms with Crippen LogP contribution in [-0.2, 0) is 19.6 Å². The molecule has 0 aliphatic rings. The van der Waals surface area contributed by atoms with E-state index in [1.54, 1.807) is 0 Å². The van der Waals surface area contributed by atoms with Crippen molar-refractivity contribution in [1.82, 2.24) is 4.31 Å². The van der Waals surface area contributed by atoms with Gasteiger partial charge in [-0.3, -0.25) is 4.79 Å². The molecular formula is C12H15NO6S. The molecule has 1 atom stereocenters. The van der Waals surface area contributed by atoms with Gasteiger partial charge < -0.3 is 9.84 Å². The lowest BCUT2D eigenvalue weighted by Crippen LogP contribution is -2.40. The van der Waals surface area contributed by atoms with E-state index in [1.165, 1.54) is 39.3 Å². The van der Waals surface area contributed by atoms with Crippen LogP contribution in [0.1, 0.15) is 17.3 Å². The third-order valence-electron chi connectivity index (χ3n) is 2.83. The summed E-state index contributed by atoms with van der Waals surface area (Å²) >= 11 is 0. The highest BCUT2D eigenvalue weighted by Gasteiger charge is 2.29. The SMILES string of the molecule is COC(=O)c1cccc(S(=O)(=O)N(C)C(C)C(=O)O)c1. The molecule has 0 bridgehead atoms. The minimum atomic E-state index is -4.00. The van der Waals surface area contributed by atoms with Crippen LogP contribution in [0.5, 0.6) is 0 Å². The molecule has 1 unspecified atom stereocenters. The Labute approximate surface area is 116 Å². The predicted octanol–water partition coefficient (Wildman–Crippen LogP) is 0.567. The second-order valence-corrected chi connectivity index (χ2v) is 6.05. The van der Waals surface area contributed by atoms with Crippen LogP contribution in [0.4, 0.5) is 0 Å². The van der Waals surface area contributed by atoms with Gasteiger partial charge >= 0.3 is 11.9 Å². The van der Waals surface area contributed by atoms with Gasteiger partial charge in [0.25, 0.3) is 0 Å². The molecule has 0 amide bonds. The number of carbonyl (C=O) groups excluding carboxylic acids is 1. The lowest BCUT2D eigenvalue weighted by Gasteiger charge is -2.21. The molecule has 1 aromatic rings. The van der Waals surface area contributed by atoms with Gasteiger partial charge in [-0.1, -0.05) is 6.07 Å². The number of likely N-dealkylation sites (N-methyl/N-ethyl adjacent to an activating group) is 1. The van der Waals surface area contributed by atoms with E-state index in [0.717, 1.165) is 10.4 Å². The summed E-state index contributed by atoms with van der Waals surface area (Å²) in [5, 5.41) is 8.86. The minimum absolute atomic E-state index is 0.0740. The van der Waals surface area contributed by atoms with Crippen molar-refractivity contribution in [3.8, 4) is 0 Å². The highest BCUT2D eigenvalue weighted by atomic mass is 32.2. The molecule has 0 saturated heterocycles. The molecule has 1 aromatic carbocycles. The van der Waals surface area contributed by atoms with E-state index in [4.69, 9.17) is 5.11 Å². The van der Waals surface area contributed by atoms with Gasteiger partial charge in [0.15, 0.2) is 0 Å². The van der Waals surface area contributed by atoms with Gasteiger partial charge in [-0.05, 0) is 25.1 Å². The second-order valence-electron chi connectivity index (χ2n) is 4.05. The van der Waals surface area contributed by atoms with Crippen molar-refractivity contribution in [2.45, 2.75) is 17.9 Å². The summed E-state index contributed by atoms with van der Waals surface area (Å²) < 4.78 is 29.7. The number of rotatable bonds is 5. The summed E-state index contributed by atoms with van der Waals surface area (Å²) in [6.45, 7) is 1.25. The largest absolute Gasteiger partial charge is 0.480 e. The highest BCUT2D eigenvalue weighted by molar-refractivity contribution is 7.89. The summed E-state index contributed by atoms with van der Waals surface area (Å²) in [5.41, 5.74) is 0.0740. The Morgan fingerprint density at radius 1 is 1.35 bits per heavy atom. The predicted molar refractivity (Wildman–Crippen MR) is 69.8 cm³/mol. The number of hydrogen-bond acceptors (Lipinski definition) is 5. The molecule has 0 heterocycles. The molecule has 0 aliphatic carbocycles. The fourth-order valence-corrected chi connectivity index (χ4v) is 2.80. The number of carboxylic acid groups (broad SMARTS) is 1. The lowest BCUT2D eigenvalue weighted by molar-refractivity contribution is -0.140. The Hall–Kier alpha value is -1.93. The van der Waals surface area contributed by atoms with Crippen LogP contribution in [0.15, 0.2) is 29.2 Å². The minimum Gasteiger partial charge on any atom is -0.480 e. The molecule has 0 saturated carbocycles. The standard InChI is InChI=1S/C12H15NO6S/c1-8(11(14)15)13(2)20(17,18)10-6-4-5-9(7-10)12(16)19-3/h4-8H,1-3H3,(H,14,15). The molecule has 1 rings (SSSR count). The maximum atomic E-state index is 12.3. The van der Waals surface area contributed by atoms with Crippen molar-refractivity contribution in [2.24, 2.45) is 0 Å². The summed E-state index contributed by atoms with van der Waals surface area (Å²) in [5.74, 6) is -1.93. The van der Waals surface area contributed by atoms with Crippen molar-refractivity contribution in [3.05, 3.63) is 29.8 Å². The Balaban J connectivity index is 3.22. The average Bonchev–Trinajstić information content (AvgIpc) is 2.44. The van der Waals surface area contributed by atoms with Gasteiger partial charge in [-0.2, -0.15) is 4.31 Å². The first kappa shape index (κ1) is 16.1.